The van der Waals surface area contributed by atoms with Crippen LogP contribution in [0.5, 0.6) is 11.5 Å². The predicted octanol–water partition coefficient (Wildman–Crippen LogP) is 3.04. The molecule has 0 atom stereocenters. The molecule has 21 heavy (non-hydrogen) atoms. The highest BCUT2D eigenvalue weighted by molar-refractivity contribution is 14.0. The molecule has 2 rings (SSSR count). The Morgan fingerprint density at radius 3 is 2.95 bits per heavy atom. The maximum atomic E-state index is 5.39. The average Bonchev–Trinajstić information content (AvgIpc) is 2.91. The summed E-state index contributed by atoms with van der Waals surface area (Å²) >= 11 is 3.48. The zero-order chi connectivity index (χ0) is 14.4. The third kappa shape index (κ3) is 5.06. The molecule has 2 N–H and O–H groups in total. The van der Waals surface area contributed by atoms with E-state index in [1.165, 1.54) is 0 Å². The highest BCUT2D eigenvalue weighted by atomic mass is 127. The van der Waals surface area contributed by atoms with Gasteiger partial charge in [0.1, 0.15) is 0 Å². The number of rotatable bonds is 5. The predicted molar refractivity (Wildman–Crippen MR) is 98.7 cm³/mol. The molecular weight excluding hydrogens is 449 g/mol. The number of nitrogens with one attached hydrogen (secondary N) is 2. The normalized spacial score (nSPS) is 12.6. The zero-order valence-corrected chi connectivity index (χ0v) is 15.7. The van der Waals surface area contributed by atoms with E-state index in [9.17, 15) is 0 Å². The van der Waals surface area contributed by atoms with Crippen molar-refractivity contribution in [3.8, 4) is 11.5 Å². The van der Waals surface area contributed by atoms with Gasteiger partial charge < -0.3 is 20.1 Å². The smallest absolute Gasteiger partial charge is 0.231 e. The van der Waals surface area contributed by atoms with E-state index in [0.29, 0.717) is 13.1 Å². The van der Waals surface area contributed by atoms with Gasteiger partial charge in [-0.2, -0.15) is 0 Å². The molecule has 7 heteroatoms. The molecule has 1 aromatic carbocycles. The second kappa shape index (κ2) is 9.14. The Labute approximate surface area is 150 Å². The number of nitrogens with zero attached hydrogens (tertiary/aromatic N) is 1. The highest BCUT2D eigenvalue weighted by Gasteiger charge is 2.17. The van der Waals surface area contributed by atoms with E-state index in [1.54, 1.807) is 6.08 Å². The van der Waals surface area contributed by atoms with Gasteiger partial charge in [0, 0.05) is 13.1 Å². The molecule has 0 saturated carbocycles. The Morgan fingerprint density at radius 2 is 2.24 bits per heavy atom. The monoisotopic (exact) mass is 467 g/mol. The number of fused-ring (bicyclic) bond motifs is 1. The molecule has 1 aromatic rings. The first kappa shape index (κ1) is 18.1. The Kier molecular flexibility index (Phi) is 7.87. The topological polar surface area (TPSA) is 54.9 Å². The molecule has 0 fully saturated rings. The van der Waals surface area contributed by atoms with E-state index in [4.69, 9.17) is 9.47 Å². The van der Waals surface area contributed by atoms with Gasteiger partial charge in [-0.05, 0) is 40.5 Å². The molecule has 0 saturated heterocycles. The lowest BCUT2D eigenvalue weighted by Crippen LogP contribution is -2.37. The number of guanidine groups is 1. The van der Waals surface area contributed by atoms with E-state index in [0.717, 1.165) is 34.0 Å². The van der Waals surface area contributed by atoms with Gasteiger partial charge in [-0.25, -0.2) is 4.99 Å². The van der Waals surface area contributed by atoms with Gasteiger partial charge in [-0.1, -0.05) is 6.08 Å². The van der Waals surface area contributed by atoms with E-state index < -0.39 is 0 Å². The molecule has 1 aliphatic heterocycles. The highest BCUT2D eigenvalue weighted by Crippen LogP contribution is 2.40. The molecule has 0 bridgehead atoms. The van der Waals surface area contributed by atoms with Crippen LogP contribution in [0.25, 0.3) is 0 Å². The minimum atomic E-state index is 0. The standard InChI is InChI=1S/C14H18BrN3O2.HI/c1-3-5-17-14(16-4-2)18-8-10-6-11(15)13-12(7-10)19-9-20-13;/h3,6-7H,1,4-5,8-9H2,2H3,(H2,16,17,18);1H. The van der Waals surface area contributed by atoms with Crippen LogP contribution in [-0.4, -0.2) is 25.8 Å². The lowest BCUT2D eigenvalue weighted by Gasteiger charge is -2.09. The second-order valence-corrected chi connectivity index (χ2v) is 5.03. The zero-order valence-electron chi connectivity index (χ0n) is 11.8. The Hall–Kier alpha value is -0.960. The fourth-order valence-electron chi connectivity index (χ4n) is 1.79. The van der Waals surface area contributed by atoms with Gasteiger partial charge in [-0.15, -0.1) is 30.6 Å². The lowest BCUT2D eigenvalue weighted by molar-refractivity contribution is 0.173. The molecule has 1 heterocycles. The number of halogens is 2. The van der Waals surface area contributed by atoms with Crippen molar-refractivity contribution in [2.45, 2.75) is 13.5 Å². The molecule has 0 aliphatic carbocycles. The van der Waals surface area contributed by atoms with Gasteiger partial charge in [0.25, 0.3) is 0 Å². The van der Waals surface area contributed by atoms with Crippen LogP contribution in [0.1, 0.15) is 12.5 Å². The Bertz CT molecular complexity index is 523. The van der Waals surface area contributed by atoms with Gasteiger partial charge in [0.2, 0.25) is 6.79 Å². The third-order valence-corrected chi connectivity index (χ3v) is 3.25. The summed E-state index contributed by atoms with van der Waals surface area (Å²) in [6.45, 7) is 8.03. The number of ether oxygens (including phenoxy) is 2. The maximum Gasteiger partial charge on any atom is 0.231 e. The van der Waals surface area contributed by atoms with Crippen LogP contribution in [0.4, 0.5) is 0 Å². The minimum absolute atomic E-state index is 0. The lowest BCUT2D eigenvalue weighted by atomic mass is 10.2. The molecule has 0 spiro atoms. The molecule has 116 valence electrons. The summed E-state index contributed by atoms with van der Waals surface area (Å²) in [6, 6.07) is 3.95. The van der Waals surface area contributed by atoms with Crippen molar-refractivity contribution in [2.24, 2.45) is 4.99 Å². The summed E-state index contributed by atoms with van der Waals surface area (Å²) in [4.78, 5) is 4.52. The van der Waals surface area contributed by atoms with Crippen LogP contribution in [0.2, 0.25) is 0 Å². The second-order valence-electron chi connectivity index (χ2n) is 4.18. The van der Waals surface area contributed by atoms with Gasteiger partial charge >= 0.3 is 0 Å². The van der Waals surface area contributed by atoms with Crippen LogP contribution < -0.4 is 20.1 Å². The summed E-state index contributed by atoms with van der Waals surface area (Å²) in [5.41, 5.74) is 1.05. The van der Waals surface area contributed by atoms with Crippen molar-refractivity contribution in [3.05, 3.63) is 34.8 Å². The number of hydrogen-bond acceptors (Lipinski definition) is 3. The third-order valence-electron chi connectivity index (χ3n) is 2.66. The fraction of sp³-hybridized carbons (Fsp3) is 0.357. The van der Waals surface area contributed by atoms with Crippen LogP contribution in [0.15, 0.2) is 34.3 Å². The van der Waals surface area contributed by atoms with Crippen molar-refractivity contribution in [2.75, 3.05) is 19.9 Å². The average molecular weight is 468 g/mol. The number of aliphatic imine (C=N–C) groups is 1. The van der Waals surface area contributed by atoms with E-state index in [-0.39, 0.29) is 30.8 Å². The molecule has 5 nitrogen and oxygen atoms in total. The molecule has 0 unspecified atom stereocenters. The van der Waals surface area contributed by atoms with E-state index in [1.807, 2.05) is 19.1 Å². The van der Waals surface area contributed by atoms with Gasteiger partial charge in [0.15, 0.2) is 17.5 Å². The van der Waals surface area contributed by atoms with Crippen LogP contribution in [0, 0.1) is 0 Å². The van der Waals surface area contributed by atoms with E-state index in [2.05, 4.69) is 38.1 Å². The maximum absolute atomic E-state index is 5.39. The molecule has 1 aliphatic rings. The van der Waals surface area contributed by atoms with Gasteiger partial charge in [0.05, 0.1) is 11.0 Å². The van der Waals surface area contributed by atoms with Crippen LogP contribution in [-0.2, 0) is 6.54 Å². The van der Waals surface area contributed by atoms with Crippen LogP contribution in [0.3, 0.4) is 0 Å². The van der Waals surface area contributed by atoms with Crippen molar-refractivity contribution < 1.29 is 9.47 Å². The first-order chi connectivity index (χ1) is 9.74. The van der Waals surface area contributed by atoms with Crippen molar-refractivity contribution in [1.29, 1.82) is 0 Å². The summed E-state index contributed by atoms with van der Waals surface area (Å²) in [5, 5.41) is 6.34. The summed E-state index contributed by atoms with van der Waals surface area (Å²) in [6.07, 6.45) is 1.80. The quantitative estimate of drug-likeness (QED) is 0.302. The Morgan fingerprint density at radius 1 is 1.43 bits per heavy atom. The number of hydrogen-bond donors (Lipinski definition) is 2. The molecular formula is C14H19BrIN3O2. The summed E-state index contributed by atoms with van der Waals surface area (Å²) in [5.74, 6) is 2.28. The SMILES string of the molecule is C=CCNC(=NCc1cc(Br)c2c(c1)OCO2)NCC.I. The van der Waals surface area contributed by atoms with Crippen molar-refractivity contribution in [3.63, 3.8) is 0 Å². The first-order valence-corrected chi connectivity index (χ1v) is 7.25. The van der Waals surface area contributed by atoms with Gasteiger partial charge in [-0.3, -0.25) is 0 Å². The molecule has 0 aromatic heterocycles. The number of benzene rings is 1. The Balaban J connectivity index is 0.00000220. The fourth-order valence-corrected chi connectivity index (χ4v) is 2.40. The summed E-state index contributed by atoms with van der Waals surface area (Å²) in [7, 11) is 0. The van der Waals surface area contributed by atoms with E-state index >= 15 is 0 Å². The summed E-state index contributed by atoms with van der Waals surface area (Å²) < 4.78 is 11.6. The molecule has 0 radical (unpaired) electrons. The first-order valence-electron chi connectivity index (χ1n) is 6.45. The minimum Gasteiger partial charge on any atom is -0.454 e. The van der Waals surface area contributed by atoms with Crippen LogP contribution >= 0.6 is 39.9 Å². The van der Waals surface area contributed by atoms with Crippen molar-refractivity contribution in [1.82, 2.24) is 10.6 Å². The van der Waals surface area contributed by atoms with Crippen molar-refractivity contribution >= 4 is 45.9 Å². The largest absolute Gasteiger partial charge is 0.454 e. The molecule has 0 amide bonds.